The Labute approximate surface area is 112 Å². The molecule has 1 aliphatic heterocycles. The molecule has 0 radical (unpaired) electrons. The van der Waals surface area contributed by atoms with Crippen LogP contribution in [0.1, 0.15) is 6.42 Å². The van der Waals surface area contributed by atoms with Crippen LogP contribution < -0.4 is 0 Å². The lowest BCUT2D eigenvalue weighted by atomic mass is 10.1. The van der Waals surface area contributed by atoms with Gasteiger partial charge in [-0.25, -0.2) is 16.8 Å². The lowest BCUT2D eigenvalue weighted by molar-refractivity contribution is 0.527. The Bertz CT molecular complexity index is 738. The second-order valence-electron chi connectivity index (χ2n) is 5.41. The summed E-state index contributed by atoms with van der Waals surface area (Å²) in [5, 5.41) is -1.58. The van der Waals surface area contributed by atoms with Crippen molar-refractivity contribution in [2.24, 2.45) is 11.8 Å². The van der Waals surface area contributed by atoms with Crippen LogP contribution in [0.5, 0.6) is 0 Å². The first kappa shape index (κ1) is 11.7. The van der Waals surface area contributed by atoms with Gasteiger partial charge in [-0.1, -0.05) is 24.3 Å². The van der Waals surface area contributed by atoms with Gasteiger partial charge in [0.25, 0.3) is 0 Å². The van der Waals surface area contributed by atoms with E-state index in [1.54, 1.807) is 12.1 Å². The maximum Gasteiger partial charge on any atom is 0.184 e. The highest BCUT2D eigenvalue weighted by molar-refractivity contribution is 7.98. The number of benzene rings is 1. The summed E-state index contributed by atoms with van der Waals surface area (Å²) < 4.78 is 50.7. The standard InChI is InChI=1S/C13H12O4S2/c14-18(15)10-3-1-2-4-11(10)19(16,17)13-9-6-5-8(7-9)12(13)18/h1-6,8-9,12-13H,7H2/t8-,9+,12-,13+. The van der Waals surface area contributed by atoms with Crippen LogP contribution in [0, 0.1) is 11.8 Å². The summed E-state index contributed by atoms with van der Waals surface area (Å²) in [6, 6.07) is 5.98. The SMILES string of the molecule is O=S1(=O)c2ccccc2S(=O)(=O)[C@H]2[C@@H]1[C@H]1C=C[C@@H]2C1. The molecule has 0 amide bonds. The van der Waals surface area contributed by atoms with E-state index < -0.39 is 30.2 Å². The van der Waals surface area contributed by atoms with Gasteiger partial charge in [-0.15, -0.1) is 0 Å². The van der Waals surface area contributed by atoms with E-state index in [2.05, 4.69) is 0 Å². The highest BCUT2D eigenvalue weighted by atomic mass is 32.2. The first-order valence-corrected chi connectivity index (χ1v) is 9.28. The zero-order valence-corrected chi connectivity index (χ0v) is 11.6. The van der Waals surface area contributed by atoms with Gasteiger partial charge in [0.1, 0.15) is 0 Å². The van der Waals surface area contributed by atoms with Crippen molar-refractivity contribution in [2.45, 2.75) is 26.7 Å². The third-order valence-electron chi connectivity index (χ3n) is 4.50. The summed E-state index contributed by atoms with van der Waals surface area (Å²) in [6.07, 6.45) is 4.38. The molecule has 4 atom stereocenters. The van der Waals surface area contributed by atoms with E-state index in [-0.39, 0.29) is 21.6 Å². The zero-order valence-electron chi connectivity index (χ0n) is 9.93. The Hall–Kier alpha value is -1.14. The number of fused-ring (bicyclic) bond motifs is 6. The van der Waals surface area contributed by atoms with Crippen molar-refractivity contribution in [1.29, 1.82) is 0 Å². The molecule has 0 N–H and O–H groups in total. The predicted octanol–water partition coefficient (Wildman–Crippen LogP) is 1.19. The van der Waals surface area contributed by atoms with Crippen molar-refractivity contribution in [3.05, 3.63) is 36.4 Å². The van der Waals surface area contributed by atoms with E-state index in [0.717, 1.165) is 0 Å². The average molecular weight is 296 g/mol. The number of hydrogen-bond acceptors (Lipinski definition) is 4. The Morgan fingerprint density at radius 3 is 1.63 bits per heavy atom. The highest BCUT2D eigenvalue weighted by Gasteiger charge is 2.60. The van der Waals surface area contributed by atoms with Crippen molar-refractivity contribution in [3.63, 3.8) is 0 Å². The third kappa shape index (κ3) is 1.24. The van der Waals surface area contributed by atoms with Crippen LogP contribution in [-0.4, -0.2) is 27.3 Å². The minimum Gasteiger partial charge on any atom is -0.223 e. The normalized spacial score (nSPS) is 39.8. The second kappa shape index (κ2) is 3.30. The van der Waals surface area contributed by atoms with Crippen molar-refractivity contribution in [3.8, 4) is 0 Å². The van der Waals surface area contributed by atoms with Gasteiger partial charge in [-0.2, -0.15) is 0 Å². The van der Waals surface area contributed by atoms with Crippen molar-refractivity contribution >= 4 is 19.7 Å². The lowest BCUT2D eigenvalue weighted by Crippen LogP contribution is -2.46. The monoisotopic (exact) mass is 296 g/mol. The molecule has 100 valence electrons. The van der Waals surface area contributed by atoms with E-state index in [4.69, 9.17) is 0 Å². The Morgan fingerprint density at radius 1 is 0.789 bits per heavy atom. The average Bonchev–Trinajstić information content (AvgIpc) is 2.98. The first-order valence-electron chi connectivity index (χ1n) is 6.19. The molecule has 19 heavy (non-hydrogen) atoms. The molecule has 0 spiro atoms. The molecule has 1 heterocycles. The molecule has 2 aliphatic carbocycles. The van der Waals surface area contributed by atoms with Crippen LogP contribution in [0.25, 0.3) is 0 Å². The fourth-order valence-corrected chi connectivity index (χ4v) is 9.59. The van der Waals surface area contributed by atoms with Crippen LogP contribution in [0.4, 0.5) is 0 Å². The number of allylic oxidation sites excluding steroid dienone is 2. The van der Waals surface area contributed by atoms with E-state index in [1.807, 2.05) is 12.2 Å². The predicted molar refractivity (Wildman–Crippen MR) is 69.1 cm³/mol. The Kier molecular flexibility index (Phi) is 2.03. The molecule has 3 aliphatic rings. The van der Waals surface area contributed by atoms with Crippen LogP contribution in [-0.2, 0) is 19.7 Å². The maximum atomic E-state index is 12.7. The van der Waals surface area contributed by atoms with Crippen LogP contribution in [0.2, 0.25) is 0 Å². The van der Waals surface area contributed by atoms with E-state index in [1.165, 1.54) is 12.1 Å². The third-order valence-corrected chi connectivity index (χ3v) is 9.45. The molecule has 2 bridgehead atoms. The van der Waals surface area contributed by atoms with E-state index >= 15 is 0 Å². The molecular weight excluding hydrogens is 284 g/mol. The van der Waals surface area contributed by atoms with Gasteiger partial charge in [-0.3, -0.25) is 0 Å². The van der Waals surface area contributed by atoms with Crippen LogP contribution in [0.15, 0.2) is 46.2 Å². The van der Waals surface area contributed by atoms with E-state index in [9.17, 15) is 16.8 Å². The van der Waals surface area contributed by atoms with Gasteiger partial charge < -0.3 is 0 Å². The molecule has 0 unspecified atom stereocenters. The van der Waals surface area contributed by atoms with Crippen molar-refractivity contribution in [2.75, 3.05) is 0 Å². The summed E-state index contributed by atoms with van der Waals surface area (Å²) in [4.78, 5) is -0.0330. The quantitative estimate of drug-likeness (QED) is 0.674. The highest BCUT2D eigenvalue weighted by Crippen LogP contribution is 2.52. The largest absolute Gasteiger partial charge is 0.223 e. The van der Waals surface area contributed by atoms with Gasteiger partial charge >= 0.3 is 0 Å². The van der Waals surface area contributed by atoms with Gasteiger partial charge in [0.15, 0.2) is 19.7 Å². The van der Waals surface area contributed by atoms with Gasteiger partial charge in [0, 0.05) is 0 Å². The summed E-state index contributed by atoms with van der Waals surface area (Å²) >= 11 is 0. The van der Waals surface area contributed by atoms with Crippen molar-refractivity contribution < 1.29 is 16.8 Å². The summed E-state index contributed by atoms with van der Waals surface area (Å²) in [7, 11) is -7.10. The second-order valence-corrected chi connectivity index (χ2v) is 9.56. The molecule has 6 heteroatoms. The number of rotatable bonds is 0. The molecule has 4 rings (SSSR count). The van der Waals surface area contributed by atoms with Crippen molar-refractivity contribution in [1.82, 2.24) is 0 Å². The van der Waals surface area contributed by atoms with Gasteiger partial charge in [0.2, 0.25) is 0 Å². The van der Waals surface area contributed by atoms with Gasteiger partial charge in [-0.05, 0) is 30.4 Å². The molecule has 1 saturated carbocycles. The molecule has 1 aromatic carbocycles. The lowest BCUT2D eigenvalue weighted by Gasteiger charge is -2.33. The molecule has 1 fully saturated rings. The summed E-state index contributed by atoms with van der Waals surface area (Å²) in [5.74, 6) is -0.300. The molecule has 1 aromatic rings. The van der Waals surface area contributed by atoms with Crippen LogP contribution in [0.3, 0.4) is 0 Å². The van der Waals surface area contributed by atoms with Gasteiger partial charge in [0.05, 0.1) is 20.3 Å². The molecular formula is C13H12O4S2. The fourth-order valence-electron chi connectivity index (χ4n) is 3.76. The minimum absolute atomic E-state index is 0.0165. The maximum absolute atomic E-state index is 12.7. The Balaban J connectivity index is 2.11. The molecule has 4 nitrogen and oxygen atoms in total. The number of sulfone groups is 2. The fraction of sp³-hybridized carbons (Fsp3) is 0.385. The van der Waals surface area contributed by atoms with Crippen LogP contribution >= 0.6 is 0 Å². The summed E-state index contributed by atoms with van der Waals surface area (Å²) in [5.41, 5.74) is 0. The topological polar surface area (TPSA) is 68.3 Å². The Morgan fingerprint density at radius 2 is 1.21 bits per heavy atom. The smallest absolute Gasteiger partial charge is 0.184 e. The molecule has 0 aromatic heterocycles. The number of hydrogen-bond donors (Lipinski definition) is 0. The first-order chi connectivity index (χ1) is 8.94. The summed E-state index contributed by atoms with van der Waals surface area (Å²) in [6.45, 7) is 0. The molecule has 0 saturated heterocycles. The minimum atomic E-state index is -3.55. The van der Waals surface area contributed by atoms with E-state index in [0.29, 0.717) is 6.42 Å². The zero-order chi connectivity index (χ0) is 13.4.